The van der Waals surface area contributed by atoms with Gasteiger partial charge in [-0.3, -0.25) is 4.79 Å². The lowest BCUT2D eigenvalue weighted by atomic mass is 10.1. The molecule has 6 nitrogen and oxygen atoms in total. The Hall–Kier alpha value is -3.12. The third kappa shape index (κ3) is 6.43. The summed E-state index contributed by atoms with van der Waals surface area (Å²) in [6, 6.07) is 17.3. The molecular weight excluding hydrogens is 392 g/mol. The zero-order valence-corrected chi connectivity index (χ0v) is 18.4. The van der Waals surface area contributed by atoms with Crippen LogP contribution in [0.5, 0.6) is 5.75 Å². The molecule has 0 spiro atoms. The Morgan fingerprint density at radius 2 is 1.84 bits per heavy atom. The molecule has 6 heteroatoms. The van der Waals surface area contributed by atoms with Crippen molar-refractivity contribution in [1.82, 2.24) is 10.3 Å². The van der Waals surface area contributed by atoms with Crippen molar-refractivity contribution in [3.8, 4) is 17.2 Å². The first-order valence-corrected chi connectivity index (χ1v) is 10.7. The molecule has 2 aromatic carbocycles. The van der Waals surface area contributed by atoms with E-state index >= 15 is 0 Å². The molecule has 0 saturated carbocycles. The molecule has 0 radical (unpaired) electrons. The van der Waals surface area contributed by atoms with Crippen molar-refractivity contribution in [3.63, 3.8) is 0 Å². The maximum atomic E-state index is 12.1. The summed E-state index contributed by atoms with van der Waals surface area (Å²) in [6.45, 7) is 7.31. The molecule has 1 heterocycles. The molecule has 0 unspecified atom stereocenters. The summed E-state index contributed by atoms with van der Waals surface area (Å²) < 4.78 is 16.8. The van der Waals surface area contributed by atoms with Crippen molar-refractivity contribution in [2.45, 2.75) is 39.7 Å². The third-order valence-corrected chi connectivity index (χ3v) is 4.91. The van der Waals surface area contributed by atoms with Crippen LogP contribution >= 0.6 is 0 Å². The second kappa shape index (κ2) is 11.3. The number of nitrogens with zero attached hydrogens (tertiary/aromatic N) is 1. The topological polar surface area (TPSA) is 73.6 Å². The smallest absolute Gasteiger partial charge is 0.323 e. The lowest BCUT2D eigenvalue weighted by Gasteiger charge is -2.16. The van der Waals surface area contributed by atoms with Gasteiger partial charge in [0.1, 0.15) is 17.6 Å². The second-order valence-corrected chi connectivity index (χ2v) is 7.20. The number of hydrogen-bond acceptors (Lipinski definition) is 6. The van der Waals surface area contributed by atoms with Crippen LogP contribution in [0.25, 0.3) is 11.5 Å². The lowest BCUT2D eigenvalue weighted by molar-refractivity contribution is -0.145. The molecule has 1 N–H and O–H groups in total. The van der Waals surface area contributed by atoms with Crippen LogP contribution in [0.4, 0.5) is 0 Å². The molecular formula is C25H30N2O4. The molecule has 3 rings (SSSR count). The van der Waals surface area contributed by atoms with Crippen molar-refractivity contribution >= 4 is 5.97 Å². The Morgan fingerprint density at radius 3 is 2.52 bits per heavy atom. The van der Waals surface area contributed by atoms with Crippen molar-refractivity contribution in [1.29, 1.82) is 0 Å². The zero-order valence-electron chi connectivity index (χ0n) is 18.4. The van der Waals surface area contributed by atoms with E-state index in [0.717, 1.165) is 28.3 Å². The number of benzene rings is 2. The standard InChI is InChI=1S/C25H30N2O4/c1-4-26-23(25(28)29-5-2)17-19-11-13-21(14-12-19)30-16-15-22-18(3)31-24(27-22)20-9-7-6-8-10-20/h6-14,23,26H,4-5,15-17H2,1-3H3/t23-/m0/s1. The number of hydrogen-bond donors (Lipinski definition) is 1. The minimum atomic E-state index is -0.342. The van der Waals surface area contributed by atoms with Gasteiger partial charge in [-0.15, -0.1) is 0 Å². The van der Waals surface area contributed by atoms with E-state index in [0.29, 0.717) is 38.5 Å². The molecule has 3 aromatic rings. The van der Waals surface area contributed by atoms with Gasteiger partial charge in [0.25, 0.3) is 0 Å². The van der Waals surface area contributed by atoms with Gasteiger partial charge in [0.05, 0.1) is 18.9 Å². The average molecular weight is 423 g/mol. The predicted octanol–water partition coefficient (Wildman–Crippen LogP) is 4.36. The summed E-state index contributed by atoms with van der Waals surface area (Å²) in [5.74, 6) is 2.01. The molecule has 0 aliphatic carbocycles. The number of ether oxygens (including phenoxy) is 2. The molecule has 164 valence electrons. The Morgan fingerprint density at radius 1 is 1.10 bits per heavy atom. The molecule has 0 aliphatic rings. The van der Waals surface area contributed by atoms with E-state index in [9.17, 15) is 4.79 Å². The molecule has 0 amide bonds. The molecule has 31 heavy (non-hydrogen) atoms. The summed E-state index contributed by atoms with van der Waals surface area (Å²) in [5.41, 5.74) is 2.91. The van der Waals surface area contributed by atoms with Gasteiger partial charge in [-0.05, 0) is 56.6 Å². The number of carbonyl (C=O) groups is 1. The zero-order chi connectivity index (χ0) is 22.1. The SMILES string of the molecule is CCN[C@@H](Cc1ccc(OCCc2nc(-c3ccccc3)oc2C)cc1)C(=O)OCC. The first-order chi connectivity index (χ1) is 15.1. The molecule has 1 aromatic heterocycles. The Labute approximate surface area is 183 Å². The fourth-order valence-corrected chi connectivity index (χ4v) is 3.32. The van der Waals surface area contributed by atoms with Gasteiger partial charge in [0, 0.05) is 12.0 Å². The summed E-state index contributed by atoms with van der Waals surface area (Å²) in [5, 5.41) is 3.18. The normalized spacial score (nSPS) is 11.8. The number of nitrogens with one attached hydrogen (secondary N) is 1. The van der Waals surface area contributed by atoms with Gasteiger partial charge in [-0.25, -0.2) is 4.98 Å². The van der Waals surface area contributed by atoms with Crippen molar-refractivity contribution in [2.24, 2.45) is 0 Å². The highest BCUT2D eigenvalue weighted by molar-refractivity contribution is 5.76. The first-order valence-electron chi connectivity index (χ1n) is 10.7. The van der Waals surface area contributed by atoms with Crippen molar-refractivity contribution < 1.29 is 18.7 Å². The van der Waals surface area contributed by atoms with Crippen molar-refractivity contribution in [2.75, 3.05) is 19.8 Å². The Bertz CT molecular complexity index is 951. The number of rotatable bonds is 11. The number of aryl methyl sites for hydroxylation is 1. The minimum absolute atomic E-state index is 0.220. The van der Waals surface area contributed by atoms with E-state index in [1.807, 2.05) is 75.4 Å². The molecule has 0 bridgehead atoms. The van der Waals surface area contributed by atoms with Gasteiger partial charge >= 0.3 is 5.97 Å². The number of carbonyl (C=O) groups excluding carboxylic acids is 1. The number of esters is 1. The van der Waals surface area contributed by atoms with Crippen molar-refractivity contribution in [3.05, 3.63) is 71.6 Å². The average Bonchev–Trinajstić information content (AvgIpc) is 3.16. The highest BCUT2D eigenvalue weighted by Gasteiger charge is 2.19. The summed E-state index contributed by atoms with van der Waals surface area (Å²) in [6.07, 6.45) is 1.24. The van der Waals surface area contributed by atoms with Gasteiger partial charge < -0.3 is 19.2 Å². The van der Waals surface area contributed by atoms with Crippen LogP contribution in [0.3, 0.4) is 0 Å². The lowest BCUT2D eigenvalue weighted by Crippen LogP contribution is -2.39. The number of aromatic nitrogens is 1. The van der Waals surface area contributed by atoms with E-state index in [1.165, 1.54) is 0 Å². The van der Waals surface area contributed by atoms with Gasteiger partial charge in [0.15, 0.2) is 0 Å². The van der Waals surface area contributed by atoms with Crippen LogP contribution in [0.15, 0.2) is 59.0 Å². The van der Waals surface area contributed by atoms with Crippen LogP contribution in [0, 0.1) is 6.92 Å². The second-order valence-electron chi connectivity index (χ2n) is 7.20. The fourth-order valence-electron chi connectivity index (χ4n) is 3.32. The van der Waals surface area contributed by atoms with Crippen LogP contribution < -0.4 is 10.1 Å². The Kier molecular flexibility index (Phi) is 8.24. The fraction of sp³-hybridized carbons (Fsp3) is 0.360. The largest absolute Gasteiger partial charge is 0.493 e. The van der Waals surface area contributed by atoms with E-state index in [4.69, 9.17) is 13.9 Å². The highest BCUT2D eigenvalue weighted by atomic mass is 16.5. The van der Waals surface area contributed by atoms with Gasteiger partial charge in [-0.2, -0.15) is 0 Å². The van der Waals surface area contributed by atoms with Crippen LogP contribution in [0.2, 0.25) is 0 Å². The van der Waals surface area contributed by atoms with E-state index < -0.39 is 0 Å². The van der Waals surface area contributed by atoms with E-state index in [2.05, 4.69) is 10.3 Å². The molecule has 0 saturated heterocycles. The number of oxazole rings is 1. The summed E-state index contributed by atoms with van der Waals surface area (Å²) in [7, 11) is 0. The summed E-state index contributed by atoms with van der Waals surface area (Å²) >= 11 is 0. The maximum Gasteiger partial charge on any atom is 0.323 e. The van der Waals surface area contributed by atoms with Gasteiger partial charge in [-0.1, -0.05) is 37.3 Å². The van der Waals surface area contributed by atoms with Crippen LogP contribution in [-0.2, 0) is 22.4 Å². The third-order valence-electron chi connectivity index (χ3n) is 4.91. The maximum absolute atomic E-state index is 12.1. The monoisotopic (exact) mass is 422 g/mol. The van der Waals surface area contributed by atoms with E-state index in [1.54, 1.807) is 0 Å². The van der Waals surface area contributed by atoms with E-state index in [-0.39, 0.29) is 12.0 Å². The van der Waals surface area contributed by atoms with Crippen LogP contribution in [0.1, 0.15) is 30.9 Å². The quantitative estimate of drug-likeness (QED) is 0.463. The molecule has 0 aliphatic heterocycles. The highest BCUT2D eigenvalue weighted by Crippen LogP contribution is 2.22. The molecule has 1 atom stereocenters. The first kappa shape index (κ1) is 22.6. The summed E-state index contributed by atoms with van der Waals surface area (Å²) in [4.78, 5) is 16.7. The number of likely N-dealkylation sites (N-methyl/N-ethyl adjacent to an activating group) is 1. The Balaban J connectivity index is 1.53. The van der Waals surface area contributed by atoms with Gasteiger partial charge in [0.2, 0.25) is 5.89 Å². The minimum Gasteiger partial charge on any atom is -0.493 e. The predicted molar refractivity (Wildman–Crippen MR) is 120 cm³/mol. The molecule has 0 fully saturated rings. The van der Waals surface area contributed by atoms with Crippen LogP contribution in [-0.4, -0.2) is 36.8 Å².